The van der Waals surface area contributed by atoms with Gasteiger partial charge in [0.15, 0.2) is 0 Å². The van der Waals surface area contributed by atoms with Gasteiger partial charge in [-0.3, -0.25) is 0 Å². The van der Waals surface area contributed by atoms with Gasteiger partial charge in [0.1, 0.15) is 22.3 Å². The van der Waals surface area contributed by atoms with E-state index in [9.17, 15) is 0 Å². The molecule has 2 aliphatic rings. The Bertz CT molecular complexity index is 3330. The summed E-state index contributed by atoms with van der Waals surface area (Å²) in [6.07, 6.45) is 13.5. The highest BCUT2D eigenvalue weighted by Gasteiger charge is 2.32. The molecule has 1 aliphatic heterocycles. The van der Waals surface area contributed by atoms with Crippen LogP contribution in [0.15, 0.2) is 203 Å². The van der Waals surface area contributed by atoms with Gasteiger partial charge in [-0.15, -0.1) is 0 Å². The van der Waals surface area contributed by atoms with Crippen molar-refractivity contribution in [3.63, 3.8) is 0 Å². The molecule has 58 heavy (non-hydrogen) atoms. The molecular formula is C54H36N2O2. The Balaban J connectivity index is 0.954. The van der Waals surface area contributed by atoms with E-state index in [1.54, 1.807) is 0 Å². The second-order valence-electron chi connectivity index (χ2n) is 15.4. The molecule has 0 radical (unpaired) electrons. The molecule has 2 unspecified atom stereocenters. The van der Waals surface area contributed by atoms with E-state index >= 15 is 0 Å². The molecule has 0 spiro atoms. The van der Waals surface area contributed by atoms with Gasteiger partial charge < -0.3 is 18.3 Å². The second-order valence-corrected chi connectivity index (χ2v) is 15.4. The fourth-order valence-electron chi connectivity index (χ4n) is 9.35. The van der Waals surface area contributed by atoms with Crippen molar-refractivity contribution in [1.82, 2.24) is 4.57 Å². The van der Waals surface area contributed by atoms with Gasteiger partial charge >= 0.3 is 0 Å². The highest BCUT2D eigenvalue weighted by Crippen LogP contribution is 2.39. The summed E-state index contributed by atoms with van der Waals surface area (Å²) < 4.78 is 15.0. The van der Waals surface area contributed by atoms with Crippen molar-refractivity contribution in [3.8, 4) is 22.3 Å². The topological polar surface area (TPSA) is 34.5 Å². The normalized spacial score (nSPS) is 16.1. The number of aromatic nitrogens is 1. The molecule has 12 rings (SSSR count). The molecular weight excluding hydrogens is 709 g/mol. The van der Waals surface area contributed by atoms with Crippen molar-refractivity contribution in [3.05, 3.63) is 205 Å². The van der Waals surface area contributed by atoms with Crippen LogP contribution in [0.4, 0.5) is 11.4 Å². The Kier molecular flexibility index (Phi) is 7.17. The smallest absolute Gasteiger partial charge is 0.136 e. The number of allylic oxidation sites excluding steroid dienone is 5. The van der Waals surface area contributed by atoms with E-state index in [2.05, 4.69) is 186 Å². The van der Waals surface area contributed by atoms with E-state index in [0.29, 0.717) is 0 Å². The Morgan fingerprint density at radius 3 is 1.60 bits per heavy atom. The fourth-order valence-corrected chi connectivity index (χ4v) is 9.35. The van der Waals surface area contributed by atoms with Gasteiger partial charge in [0.25, 0.3) is 0 Å². The van der Waals surface area contributed by atoms with Crippen LogP contribution in [0, 0.1) is 5.92 Å². The molecule has 274 valence electrons. The first-order valence-electron chi connectivity index (χ1n) is 19.8. The number of hydrogen-bond donors (Lipinski definition) is 0. The molecule has 0 N–H and O–H groups in total. The second kappa shape index (κ2) is 12.7. The fraction of sp³-hybridized carbons (Fsp3) is 0.0370. The van der Waals surface area contributed by atoms with Crippen LogP contribution in [-0.4, -0.2) is 4.57 Å². The number of rotatable bonds is 6. The van der Waals surface area contributed by atoms with Gasteiger partial charge in [-0.2, -0.15) is 0 Å². The zero-order valence-electron chi connectivity index (χ0n) is 31.5. The molecule has 0 bridgehead atoms. The number of anilines is 2. The molecule has 4 nitrogen and oxygen atoms in total. The van der Waals surface area contributed by atoms with Gasteiger partial charge in [0, 0.05) is 61.2 Å². The maximum Gasteiger partial charge on any atom is 0.136 e. The van der Waals surface area contributed by atoms with Gasteiger partial charge in [0.05, 0.1) is 11.4 Å². The summed E-state index contributed by atoms with van der Waals surface area (Å²) in [4.78, 5) is 2.29. The first-order chi connectivity index (χ1) is 28.7. The molecule has 1 aliphatic carbocycles. The van der Waals surface area contributed by atoms with E-state index in [-0.39, 0.29) is 12.0 Å². The maximum atomic E-state index is 6.24. The largest absolute Gasteiger partial charge is 0.456 e. The molecule has 0 amide bonds. The van der Waals surface area contributed by atoms with E-state index in [4.69, 9.17) is 8.83 Å². The van der Waals surface area contributed by atoms with Crippen LogP contribution in [0.3, 0.4) is 0 Å². The summed E-state index contributed by atoms with van der Waals surface area (Å²) >= 11 is 0. The zero-order chi connectivity index (χ0) is 38.3. The highest BCUT2D eigenvalue weighted by molar-refractivity contribution is 6.07. The van der Waals surface area contributed by atoms with Crippen LogP contribution >= 0.6 is 0 Å². The number of hydrogen-bond acceptors (Lipinski definition) is 3. The Morgan fingerprint density at radius 2 is 1.00 bits per heavy atom. The van der Waals surface area contributed by atoms with E-state index in [1.165, 1.54) is 21.8 Å². The zero-order valence-corrected chi connectivity index (χ0v) is 31.5. The van der Waals surface area contributed by atoms with Gasteiger partial charge in [-0.25, -0.2) is 0 Å². The Labute approximate surface area is 334 Å². The third-order valence-corrected chi connectivity index (χ3v) is 12.2. The van der Waals surface area contributed by atoms with Gasteiger partial charge in [0.2, 0.25) is 0 Å². The van der Waals surface area contributed by atoms with Gasteiger partial charge in [-0.05, 0) is 101 Å². The van der Waals surface area contributed by atoms with E-state index in [1.807, 2.05) is 24.3 Å². The maximum absolute atomic E-state index is 6.24. The van der Waals surface area contributed by atoms with Crippen molar-refractivity contribution in [2.24, 2.45) is 5.92 Å². The monoisotopic (exact) mass is 744 g/mol. The van der Waals surface area contributed by atoms with E-state index in [0.717, 1.165) is 82.7 Å². The average Bonchev–Trinajstić information content (AvgIpc) is 4.02. The third-order valence-electron chi connectivity index (χ3n) is 12.2. The Hall–Kier alpha value is -7.56. The van der Waals surface area contributed by atoms with Crippen molar-refractivity contribution in [2.75, 3.05) is 4.90 Å². The standard InChI is InChI=1S/C54H36N2O2/c1-34-41-10-2-6-14-48(41)56-49-15-7-3-11-42(49)47(54(34)56)30-31-55(39-24-18-35(19-25-39)37-22-28-45-43-12-4-8-16-50(43)57-52(45)32-37)40-26-20-36(21-27-40)38-23-29-46-44-13-5-9-17-51(44)58-53(46)33-38/h2-33,42,49H,1H2/b31-30+. The summed E-state index contributed by atoms with van der Waals surface area (Å²) in [6, 6.07) is 56.0. The lowest BCUT2D eigenvalue weighted by Crippen LogP contribution is -2.26. The highest BCUT2D eigenvalue weighted by atomic mass is 16.3. The summed E-state index contributed by atoms with van der Waals surface area (Å²) in [5.41, 5.74) is 12.7. The number of fused-ring (bicyclic) bond motifs is 11. The first kappa shape index (κ1) is 32.7. The van der Waals surface area contributed by atoms with Crippen LogP contribution in [-0.2, 0) is 0 Å². The van der Waals surface area contributed by atoms with E-state index < -0.39 is 0 Å². The summed E-state index contributed by atoms with van der Waals surface area (Å²) in [6.45, 7) is 4.62. The van der Waals surface area contributed by atoms with Crippen molar-refractivity contribution in [1.29, 1.82) is 0 Å². The SMILES string of the molecule is C=c1c2n(c3ccccc13)C1C=CC=CC1C=2/C=C/N(c1ccc(-c2ccc3c(c2)oc2ccccc23)cc1)c1ccc(-c2ccc3c(c2)oc2ccccc23)cc1. The van der Waals surface area contributed by atoms with Crippen molar-refractivity contribution >= 4 is 78.3 Å². The number of benzene rings is 7. The molecule has 7 aromatic carbocycles. The molecule has 0 saturated carbocycles. The van der Waals surface area contributed by atoms with Crippen LogP contribution in [0.5, 0.6) is 0 Å². The van der Waals surface area contributed by atoms with Crippen LogP contribution < -0.4 is 15.5 Å². The minimum Gasteiger partial charge on any atom is -0.456 e. The predicted molar refractivity (Wildman–Crippen MR) is 241 cm³/mol. The minimum atomic E-state index is 0.209. The van der Waals surface area contributed by atoms with Crippen molar-refractivity contribution in [2.45, 2.75) is 6.04 Å². The lowest BCUT2D eigenvalue weighted by atomic mass is 9.89. The molecule has 4 heterocycles. The first-order valence-corrected chi connectivity index (χ1v) is 19.8. The number of nitrogens with zero attached hydrogens (tertiary/aromatic N) is 2. The van der Waals surface area contributed by atoms with Crippen LogP contribution in [0.25, 0.3) is 89.2 Å². The number of para-hydroxylation sites is 3. The van der Waals surface area contributed by atoms with Gasteiger partial charge in [-0.1, -0.05) is 122 Å². The minimum absolute atomic E-state index is 0.209. The molecule has 4 heteroatoms. The van der Waals surface area contributed by atoms with Crippen LogP contribution in [0.1, 0.15) is 6.04 Å². The quantitative estimate of drug-likeness (QED) is 0.170. The molecule has 2 atom stereocenters. The summed E-state index contributed by atoms with van der Waals surface area (Å²) in [7, 11) is 0. The van der Waals surface area contributed by atoms with Crippen molar-refractivity contribution < 1.29 is 8.83 Å². The Morgan fingerprint density at radius 1 is 0.500 bits per heavy atom. The lowest BCUT2D eigenvalue weighted by molar-refractivity contribution is 0.576. The summed E-state index contributed by atoms with van der Waals surface area (Å²) in [5.74, 6) is 0.217. The molecule has 10 aromatic rings. The molecule has 0 fully saturated rings. The summed E-state index contributed by atoms with van der Waals surface area (Å²) in [5, 5.41) is 8.03. The number of furan rings is 2. The molecule has 3 aromatic heterocycles. The predicted octanol–water partition coefficient (Wildman–Crippen LogP) is 13.0. The third kappa shape index (κ3) is 5.01. The van der Waals surface area contributed by atoms with Crippen LogP contribution in [0.2, 0.25) is 0 Å². The lowest BCUT2D eigenvalue weighted by Gasteiger charge is -2.23. The molecule has 0 saturated heterocycles. The average molecular weight is 745 g/mol.